The van der Waals surface area contributed by atoms with Crippen LogP contribution in [0.3, 0.4) is 0 Å². The molecule has 0 amide bonds. The number of aliphatic hydroxyl groups is 1. The van der Waals surface area contributed by atoms with Crippen LogP contribution >= 0.6 is 0 Å². The maximum Gasteiger partial charge on any atom is 0.115 e. The minimum atomic E-state index is -0.566. The number of rotatable bonds is 3. The number of hydrogen-bond acceptors (Lipinski definition) is 3. The SMILES string of the molecule is Cc1ccccc1CC(O)c1ccncn1. The van der Waals surface area contributed by atoms with Crippen LogP contribution in [0.5, 0.6) is 0 Å². The number of aliphatic hydroxyl groups excluding tert-OH is 1. The maximum absolute atomic E-state index is 10.0. The summed E-state index contributed by atoms with van der Waals surface area (Å²) in [7, 11) is 0. The monoisotopic (exact) mass is 214 g/mol. The van der Waals surface area contributed by atoms with Gasteiger partial charge in [0, 0.05) is 12.6 Å². The molecular weight excluding hydrogens is 200 g/mol. The molecule has 0 fully saturated rings. The second kappa shape index (κ2) is 4.86. The third-order valence-electron chi connectivity index (χ3n) is 2.62. The van der Waals surface area contributed by atoms with Gasteiger partial charge in [0.15, 0.2) is 0 Å². The Morgan fingerprint density at radius 3 is 2.75 bits per heavy atom. The zero-order chi connectivity index (χ0) is 11.4. The van der Waals surface area contributed by atoms with Crippen LogP contribution in [0.15, 0.2) is 42.9 Å². The quantitative estimate of drug-likeness (QED) is 0.850. The van der Waals surface area contributed by atoms with Gasteiger partial charge in [0.1, 0.15) is 12.4 Å². The molecule has 0 aliphatic rings. The fraction of sp³-hybridized carbons (Fsp3) is 0.231. The number of aromatic nitrogens is 2. The maximum atomic E-state index is 10.0. The molecule has 0 aliphatic carbocycles. The fourth-order valence-corrected chi connectivity index (χ4v) is 1.65. The summed E-state index contributed by atoms with van der Waals surface area (Å²) in [5.74, 6) is 0. The Bertz CT molecular complexity index is 456. The molecule has 0 bridgehead atoms. The van der Waals surface area contributed by atoms with Gasteiger partial charge in [-0.2, -0.15) is 0 Å². The minimum Gasteiger partial charge on any atom is -0.386 e. The van der Waals surface area contributed by atoms with E-state index in [9.17, 15) is 5.11 Å². The molecule has 0 spiro atoms. The molecule has 0 saturated heterocycles. The van der Waals surface area contributed by atoms with Gasteiger partial charge < -0.3 is 5.11 Å². The molecule has 1 N–H and O–H groups in total. The van der Waals surface area contributed by atoms with E-state index < -0.39 is 6.10 Å². The van der Waals surface area contributed by atoms with Crippen molar-refractivity contribution in [2.24, 2.45) is 0 Å². The standard InChI is InChI=1S/C13H14N2O/c1-10-4-2-3-5-11(10)8-13(16)12-6-7-14-9-15-12/h2-7,9,13,16H,8H2,1H3. The highest BCUT2D eigenvalue weighted by Crippen LogP contribution is 2.17. The van der Waals surface area contributed by atoms with Crippen molar-refractivity contribution in [3.05, 3.63) is 59.7 Å². The average molecular weight is 214 g/mol. The van der Waals surface area contributed by atoms with E-state index in [1.807, 2.05) is 31.2 Å². The lowest BCUT2D eigenvalue weighted by molar-refractivity contribution is 0.173. The van der Waals surface area contributed by atoms with Crippen LogP contribution in [0, 0.1) is 6.92 Å². The van der Waals surface area contributed by atoms with E-state index in [1.54, 1.807) is 12.3 Å². The largest absolute Gasteiger partial charge is 0.386 e. The summed E-state index contributed by atoms with van der Waals surface area (Å²) in [4.78, 5) is 7.87. The second-order valence-electron chi connectivity index (χ2n) is 3.78. The highest BCUT2D eigenvalue weighted by molar-refractivity contribution is 5.27. The van der Waals surface area contributed by atoms with Crippen LogP contribution in [-0.4, -0.2) is 15.1 Å². The van der Waals surface area contributed by atoms with E-state index in [0.717, 1.165) is 5.56 Å². The Labute approximate surface area is 94.8 Å². The predicted molar refractivity (Wildman–Crippen MR) is 61.9 cm³/mol. The summed E-state index contributed by atoms with van der Waals surface area (Å²) < 4.78 is 0. The van der Waals surface area contributed by atoms with Gasteiger partial charge in [-0.3, -0.25) is 0 Å². The summed E-state index contributed by atoms with van der Waals surface area (Å²) in [6.45, 7) is 2.04. The summed E-state index contributed by atoms with van der Waals surface area (Å²) in [5, 5.41) is 10.0. The molecule has 1 atom stereocenters. The van der Waals surface area contributed by atoms with Gasteiger partial charge in [-0.1, -0.05) is 24.3 Å². The van der Waals surface area contributed by atoms with Crippen molar-refractivity contribution in [3.8, 4) is 0 Å². The molecule has 0 saturated carbocycles. The molecule has 3 nitrogen and oxygen atoms in total. The summed E-state index contributed by atoms with van der Waals surface area (Å²) in [5.41, 5.74) is 3.00. The van der Waals surface area contributed by atoms with Gasteiger partial charge in [-0.15, -0.1) is 0 Å². The van der Waals surface area contributed by atoms with E-state index in [1.165, 1.54) is 11.9 Å². The van der Waals surface area contributed by atoms with Gasteiger partial charge >= 0.3 is 0 Å². The zero-order valence-electron chi connectivity index (χ0n) is 9.17. The molecular formula is C13H14N2O. The average Bonchev–Trinajstić information content (AvgIpc) is 2.33. The topological polar surface area (TPSA) is 46.0 Å². The van der Waals surface area contributed by atoms with E-state index in [-0.39, 0.29) is 0 Å². The molecule has 1 unspecified atom stereocenters. The van der Waals surface area contributed by atoms with Crippen molar-refractivity contribution >= 4 is 0 Å². The summed E-state index contributed by atoms with van der Waals surface area (Å²) >= 11 is 0. The second-order valence-corrected chi connectivity index (χ2v) is 3.78. The molecule has 2 aromatic rings. The van der Waals surface area contributed by atoms with Crippen molar-refractivity contribution in [1.29, 1.82) is 0 Å². The Kier molecular flexibility index (Phi) is 3.27. The minimum absolute atomic E-state index is 0.566. The van der Waals surface area contributed by atoms with Gasteiger partial charge in [0.05, 0.1) is 5.69 Å². The first kappa shape index (κ1) is 10.8. The van der Waals surface area contributed by atoms with Crippen LogP contribution in [0.2, 0.25) is 0 Å². The fourth-order valence-electron chi connectivity index (χ4n) is 1.65. The Morgan fingerprint density at radius 1 is 1.25 bits per heavy atom. The Morgan fingerprint density at radius 2 is 2.06 bits per heavy atom. The molecule has 2 rings (SSSR count). The smallest absolute Gasteiger partial charge is 0.115 e. The molecule has 1 aromatic heterocycles. The first-order valence-corrected chi connectivity index (χ1v) is 5.26. The van der Waals surface area contributed by atoms with Crippen molar-refractivity contribution in [1.82, 2.24) is 9.97 Å². The first-order valence-electron chi connectivity index (χ1n) is 5.26. The first-order chi connectivity index (χ1) is 7.77. The molecule has 16 heavy (non-hydrogen) atoms. The van der Waals surface area contributed by atoms with E-state index in [2.05, 4.69) is 9.97 Å². The zero-order valence-corrected chi connectivity index (χ0v) is 9.17. The number of benzene rings is 1. The Balaban J connectivity index is 2.14. The van der Waals surface area contributed by atoms with Crippen molar-refractivity contribution in [3.63, 3.8) is 0 Å². The number of hydrogen-bond donors (Lipinski definition) is 1. The van der Waals surface area contributed by atoms with Crippen LogP contribution in [0.4, 0.5) is 0 Å². The Hall–Kier alpha value is -1.74. The summed E-state index contributed by atoms with van der Waals surface area (Å²) in [6, 6.07) is 9.79. The van der Waals surface area contributed by atoms with Crippen LogP contribution < -0.4 is 0 Å². The van der Waals surface area contributed by atoms with Crippen LogP contribution in [0.25, 0.3) is 0 Å². The lowest BCUT2D eigenvalue weighted by Crippen LogP contribution is -2.05. The van der Waals surface area contributed by atoms with Gasteiger partial charge in [0.25, 0.3) is 0 Å². The van der Waals surface area contributed by atoms with E-state index in [4.69, 9.17) is 0 Å². The van der Waals surface area contributed by atoms with Gasteiger partial charge in [-0.25, -0.2) is 9.97 Å². The van der Waals surface area contributed by atoms with E-state index in [0.29, 0.717) is 12.1 Å². The molecule has 3 heteroatoms. The predicted octanol–water partition coefficient (Wildman–Crippen LogP) is 2.06. The van der Waals surface area contributed by atoms with Crippen LogP contribution in [0.1, 0.15) is 22.9 Å². The molecule has 82 valence electrons. The van der Waals surface area contributed by atoms with E-state index >= 15 is 0 Å². The third-order valence-corrected chi connectivity index (χ3v) is 2.62. The number of nitrogens with zero attached hydrogens (tertiary/aromatic N) is 2. The highest BCUT2D eigenvalue weighted by atomic mass is 16.3. The van der Waals surface area contributed by atoms with Crippen molar-refractivity contribution < 1.29 is 5.11 Å². The third kappa shape index (κ3) is 2.44. The highest BCUT2D eigenvalue weighted by Gasteiger charge is 2.10. The van der Waals surface area contributed by atoms with Crippen LogP contribution in [-0.2, 0) is 6.42 Å². The molecule has 1 aromatic carbocycles. The number of aryl methyl sites for hydroxylation is 1. The molecule has 1 heterocycles. The molecule has 0 radical (unpaired) electrons. The van der Waals surface area contributed by atoms with Crippen molar-refractivity contribution in [2.45, 2.75) is 19.4 Å². The lowest BCUT2D eigenvalue weighted by atomic mass is 10.0. The van der Waals surface area contributed by atoms with Gasteiger partial charge in [0.2, 0.25) is 0 Å². The normalized spacial score (nSPS) is 12.4. The van der Waals surface area contributed by atoms with Crippen molar-refractivity contribution in [2.75, 3.05) is 0 Å². The molecule has 0 aliphatic heterocycles. The van der Waals surface area contributed by atoms with Gasteiger partial charge in [-0.05, 0) is 24.1 Å². The lowest BCUT2D eigenvalue weighted by Gasteiger charge is -2.11. The summed E-state index contributed by atoms with van der Waals surface area (Å²) in [6.07, 6.45) is 3.12.